The van der Waals surface area contributed by atoms with E-state index in [2.05, 4.69) is 0 Å². The van der Waals surface area contributed by atoms with Crippen LogP contribution in [0.15, 0.2) is 17.0 Å². The maximum atomic E-state index is 13.8. The molecule has 1 aromatic carbocycles. The highest BCUT2D eigenvalue weighted by Gasteiger charge is 2.36. The van der Waals surface area contributed by atoms with E-state index in [9.17, 15) is 17.2 Å². The molecule has 0 saturated carbocycles. The zero-order valence-corrected chi connectivity index (χ0v) is 12.3. The van der Waals surface area contributed by atoms with Crippen molar-refractivity contribution in [1.29, 1.82) is 0 Å². The van der Waals surface area contributed by atoms with Gasteiger partial charge in [-0.1, -0.05) is 6.92 Å². The lowest BCUT2D eigenvalue weighted by molar-refractivity contribution is 0.219. The van der Waals surface area contributed by atoms with Gasteiger partial charge in [0.25, 0.3) is 0 Å². The fourth-order valence-electron chi connectivity index (χ4n) is 2.69. The molecule has 1 aromatic rings. The minimum atomic E-state index is -4.18. The van der Waals surface area contributed by atoms with Gasteiger partial charge in [0.1, 0.15) is 11.6 Å². The highest BCUT2D eigenvalue weighted by molar-refractivity contribution is 7.89. The van der Waals surface area contributed by atoms with Crippen molar-refractivity contribution in [2.24, 2.45) is 5.92 Å². The number of nitrogens with two attached hydrogens (primary N) is 1. The van der Waals surface area contributed by atoms with Gasteiger partial charge >= 0.3 is 0 Å². The van der Waals surface area contributed by atoms with Crippen LogP contribution in [0.5, 0.6) is 0 Å². The highest BCUT2D eigenvalue weighted by Crippen LogP contribution is 2.31. The quantitative estimate of drug-likeness (QED) is 0.853. The molecule has 0 aliphatic carbocycles. The third kappa shape index (κ3) is 2.64. The van der Waals surface area contributed by atoms with Crippen LogP contribution in [0.25, 0.3) is 0 Å². The first-order valence-corrected chi connectivity index (χ1v) is 7.94. The van der Waals surface area contributed by atoms with Crippen molar-refractivity contribution in [3.63, 3.8) is 0 Å². The van der Waals surface area contributed by atoms with Crippen LogP contribution in [-0.4, -0.2) is 25.3 Å². The molecular formula is C13H18F2N2O2S. The molecule has 20 heavy (non-hydrogen) atoms. The van der Waals surface area contributed by atoms with Crippen molar-refractivity contribution in [3.05, 3.63) is 23.8 Å². The Kier molecular flexibility index (Phi) is 4.02. The van der Waals surface area contributed by atoms with Crippen LogP contribution in [0.4, 0.5) is 14.5 Å². The van der Waals surface area contributed by atoms with Gasteiger partial charge in [-0.3, -0.25) is 0 Å². The summed E-state index contributed by atoms with van der Waals surface area (Å²) in [5.41, 5.74) is 5.17. The number of hydrogen-bond donors (Lipinski definition) is 1. The molecule has 0 amide bonds. The number of hydrogen-bond acceptors (Lipinski definition) is 3. The molecule has 1 aliphatic heterocycles. The van der Waals surface area contributed by atoms with Gasteiger partial charge in [-0.25, -0.2) is 17.2 Å². The van der Waals surface area contributed by atoms with E-state index < -0.39 is 26.6 Å². The zero-order chi connectivity index (χ0) is 15.1. The first kappa shape index (κ1) is 15.2. The zero-order valence-electron chi connectivity index (χ0n) is 11.4. The molecular weight excluding hydrogens is 286 g/mol. The molecule has 0 radical (unpaired) electrons. The predicted octanol–water partition coefficient (Wildman–Crippen LogP) is 2.36. The number of sulfonamides is 1. The Labute approximate surface area is 117 Å². The van der Waals surface area contributed by atoms with Crippen molar-refractivity contribution in [2.45, 2.75) is 37.6 Å². The summed E-state index contributed by atoms with van der Waals surface area (Å²) < 4.78 is 53.8. The largest absolute Gasteiger partial charge is 0.399 e. The standard InChI is InChI=1S/C13H18F2N2O2S/c1-8-3-4-17(9(2)5-8)20(18,19)13-11(14)6-10(16)7-12(13)15/h6-9H,3-5,16H2,1-2H3. The normalized spacial score (nSPS) is 24.8. The minimum Gasteiger partial charge on any atom is -0.399 e. The Morgan fingerprint density at radius 1 is 1.25 bits per heavy atom. The maximum Gasteiger partial charge on any atom is 0.249 e. The molecule has 112 valence electrons. The van der Waals surface area contributed by atoms with Crippen LogP contribution in [0, 0.1) is 17.6 Å². The SMILES string of the molecule is CC1CCN(S(=O)(=O)c2c(F)cc(N)cc2F)C(C)C1. The van der Waals surface area contributed by atoms with E-state index in [1.807, 2.05) is 6.92 Å². The lowest BCUT2D eigenvalue weighted by atomic mass is 9.95. The van der Waals surface area contributed by atoms with Gasteiger partial charge in [0.15, 0.2) is 4.90 Å². The van der Waals surface area contributed by atoms with Gasteiger partial charge in [0, 0.05) is 18.3 Å². The number of benzene rings is 1. The van der Waals surface area contributed by atoms with E-state index in [0.29, 0.717) is 18.8 Å². The lowest BCUT2D eigenvalue weighted by Crippen LogP contribution is -2.44. The second-order valence-electron chi connectivity index (χ2n) is 5.41. The van der Waals surface area contributed by atoms with E-state index >= 15 is 0 Å². The molecule has 1 fully saturated rings. The Hall–Kier alpha value is -1.21. The number of halogens is 2. The van der Waals surface area contributed by atoms with Gasteiger partial charge in [-0.05, 0) is 37.8 Å². The van der Waals surface area contributed by atoms with Gasteiger partial charge < -0.3 is 5.73 Å². The summed E-state index contributed by atoms with van der Waals surface area (Å²) in [6, 6.07) is 1.38. The summed E-state index contributed by atoms with van der Waals surface area (Å²) >= 11 is 0. The Balaban J connectivity index is 2.46. The van der Waals surface area contributed by atoms with E-state index in [1.165, 1.54) is 4.31 Å². The molecule has 4 nitrogen and oxygen atoms in total. The summed E-state index contributed by atoms with van der Waals surface area (Å²) in [7, 11) is -4.18. The maximum absolute atomic E-state index is 13.8. The van der Waals surface area contributed by atoms with Crippen LogP contribution in [0.2, 0.25) is 0 Å². The van der Waals surface area contributed by atoms with E-state index in [-0.39, 0.29) is 18.3 Å². The van der Waals surface area contributed by atoms with E-state index in [0.717, 1.165) is 12.1 Å². The Bertz CT molecular complexity index is 596. The number of rotatable bonds is 2. The van der Waals surface area contributed by atoms with Crippen molar-refractivity contribution in [1.82, 2.24) is 4.31 Å². The van der Waals surface area contributed by atoms with Crippen LogP contribution < -0.4 is 5.73 Å². The summed E-state index contributed by atoms with van der Waals surface area (Å²) in [5, 5.41) is 0. The van der Waals surface area contributed by atoms with Gasteiger partial charge in [0.2, 0.25) is 10.0 Å². The molecule has 2 unspecified atom stereocenters. The molecule has 2 N–H and O–H groups in total. The van der Waals surface area contributed by atoms with Crippen LogP contribution >= 0.6 is 0 Å². The third-order valence-electron chi connectivity index (χ3n) is 3.66. The Morgan fingerprint density at radius 2 is 1.80 bits per heavy atom. The lowest BCUT2D eigenvalue weighted by Gasteiger charge is -2.35. The van der Waals surface area contributed by atoms with Crippen LogP contribution in [-0.2, 0) is 10.0 Å². The monoisotopic (exact) mass is 304 g/mol. The fraction of sp³-hybridized carbons (Fsp3) is 0.538. The van der Waals surface area contributed by atoms with Gasteiger partial charge in [0.05, 0.1) is 0 Å². The smallest absolute Gasteiger partial charge is 0.249 e. The van der Waals surface area contributed by atoms with Crippen LogP contribution in [0.1, 0.15) is 26.7 Å². The number of nitrogen functional groups attached to an aromatic ring is 1. The van der Waals surface area contributed by atoms with Crippen molar-refractivity contribution in [2.75, 3.05) is 12.3 Å². The summed E-state index contributed by atoms with van der Waals surface area (Å²) in [5.74, 6) is -1.89. The molecule has 0 aromatic heterocycles. The van der Waals surface area contributed by atoms with Gasteiger partial charge in [-0.15, -0.1) is 0 Å². The average molecular weight is 304 g/mol. The Morgan fingerprint density at radius 3 is 2.30 bits per heavy atom. The first-order chi connectivity index (χ1) is 9.23. The van der Waals surface area contributed by atoms with E-state index in [4.69, 9.17) is 5.73 Å². The van der Waals surface area contributed by atoms with E-state index in [1.54, 1.807) is 6.92 Å². The number of piperidine rings is 1. The summed E-state index contributed by atoms with van der Waals surface area (Å²) in [4.78, 5) is -0.909. The van der Waals surface area contributed by atoms with Crippen LogP contribution in [0.3, 0.4) is 0 Å². The number of nitrogens with zero attached hydrogens (tertiary/aromatic N) is 1. The van der Waals surface area contributed by atoms with Crippen molar-refractivity contribution < 1.29 is 17.2 Å². The second kappa shape index (κ2) is 5.29. The molecule has 0 bridgehead atoms. The predicted molar refractivity (Wildman–Crippen MR) is 72.5 cm³/mol. The molecule has 1 heterocycles. The first-order valence-electron chi connectivity index (χ1n) is 6.50. The van der Waals surface area contributed by atoms with Gasteiger partial charge in [-0.2, -0.15) is 4.31 Å². The van der Waals surface area contributed by atoms with Crippen molar-refractivity contribution >= 4 is 15.7 Å². The molecule has 2 atom stereocenters. The van der Waals surface area contributed by atoms with Crippen molar-refractivity contribution in [3.8, 4) is 0 Å². The molecule has 0 spiro atoms. The molecule has 7 heteroatoms. The molecule has 1 aliphatic rings. The number of anilines is 1. The minimum absolute atomic E-state index is 0.140. The highest BCUT2D eigenvalue weighted by atomic mass is 32.2. The summed E-state index contributed by atoms with van der Waals surface area (Å²) in [6.45, 7) is 4.05. The summed E-state index contributed by atoms with van der Waals surface area (Å²) in [6.07, 6.45) is 1.36. The third-order valence-corrected chi connectivity index (χ3v) is 5.73. The average Bonchev–Trinajstić information content (AvgIpc) is 2.25. The fourth-order valence-corrected chi connectivity index (χ4v) is 4.44. The topological polar surface area (TPSA) is 63.4 Å². The molecule has 1 saturated heterocycles. The molecule has 2 rings (SSSR count). The second-order valence-corrected chi connectivity index (χ2v) is 7.24.